The van der Waals surface area contributed by atoms with E-state index in [1.807, 2.05) is 35.4 Å². The molecule has 0 bridgehead atoms. The molecule has 1 atom stereocenters. The number of benzene rings is 1. The number of likely N-dealkylation sites (N-methyl/N-ethyl adjacent to an activating group) is 1. The van der Waals surface area contributed by atoms with Crippen LogP contribution in [-0.2, 0) is 4.79 Å². The molecule has 7 heteroatoms. The molecular formula is C21H31N3O3S. The molecule has 0 N–H and O–H groups in total. The molecule has 1 unspecified atom stereocenters. The van der Waals surface area contributed by atoms with Gasteiger partial charge in [0.05, 0.1) is 19.8 Å². The van der Waals surface area contributed by atoms with Gasteiger partial charge in [0.2, 0.25) is 6.41 Å². The molecule has 1 aromatic heterocycles. The second-order valence-corrected chi connectivity index (χ2v) is 7.48. The largest absolute Gasteiger partial charge is 0.497 e. The summed E-state index contributed by atoms with van der Waals surface area (Å²) in [4.78, 5) is 19.2. The molecule has 1 amide bonds. The molecule has 0 aliphatic carbocycles. The Bertz CT molecular complexity index is 746. The predicted molar refractivity (Wildman–Crippen MR) is 114 cm³/mol. The number of ether oxygens (including phenoxy) is 2. The molecule has 1 aromatic carbocycles. The van der Waals surface area contributed by atoms with E-state index in [1.54, 1.807) is 25.6 Å². The number of methoxy groups -OCH3 is 2. The number of carbonyl (C=O) groups is 1. The molecule has 1 fully saturated rings. The third-order valence-electron chi connectivity index (χ3n) is 4.93. The highest BCUT2D eigenvalue weighted by Crippen LogP contribution is 2.34. The molecule has 28 heavy (non-hydrogen) atoms. The third-order valence-corrected chi connectivity index (χ3v) is 5.92. The summed E-state index contributed by atoms with van der Waals surface area (Å²) in [6, 6.07) is 6.35. The van der Waals surface area contributed by atoms with Crippen LogP contribution in [0.2, 0.25) is 0 Å². The lowest BCUT2D eigenvalue weighted by Gasteiger charge is -2.25. The molecule has 1 aliphatic heterocycles. The molecule has 0 spiro atoms. The Hall–Kier alpha value is -2.12. The van der Waals surface area contributed by atoms with Gasteiger partial charge in [0.1, 0.15) is 16.5 Å². The van der Waals surface area contributed by atoms with Gasteiger partial charge in [-0.05, 0) is 38.6 Å². The molecule has 2 heterocycles. The van der Waals surface area contributed by atoms with Gasteiger partial charge in [-0.1, -0.05) is 13.8 Å². The van der Waals surface area contributed by atoms with Gasteiger partial charge in [0.25, 0.3) is 0 Å². The van der Waals surface area contributed by atoms with Gasteiger partial charge in [0.15, 0.2) is 0 Å². The number of aryl methyl sites for hydroxylation is 1. The fourth-order valence-electron chi connectivity index (χ4n) is 3.35. The molecule has 154 valence electrons. The van der Waals surface area contributed by atoms with Crippen LogP contribution in [0.25, 0.3) is 10.6 Å². The Morgan fingerprint density at radius 3 is 2.54 bits per heavy atom. The lowest BCUT2D eigenvalue weighted by Crippen LogP contribution is -2.37. The van der Waals surface area contributed by atoms with Crippen molar-refractivity contribution >= 4 is 17.7 Å². The van der Waals surface area contributed by atoms with E-state index in [0.717, 1.165) is 66.8 Å². The number of carbonyl (C=O) groups excluding carboxylic acids is 1. The van der Waals surface area contributed by atoms with Crippen molar-refractivity contribution in [3.63, 3.8) is 0 Å². The minimum absolute atomic E-state index is 0.602. The molecule has 3 rings (SSSR count). The number of hydrogen-bond acceptors (Lipinski definition) is 6. The Morgan fingerprint density at radius 1 is 1.29 bits per heavy atom. The lowest BCUT2D eigenvalue weighted by molar-refractivity contribution is -0.117. The van der Waals surface area contributed by atoms with Gasteiger partial charge in [-0.3, -0.25) is 9.69 Å². The van der Waals surface area contributed by atoms with Crippen LogP contribution in [0, 0.1) is 6.92 Å². The quantitative estimate of drug-likeness (QED) is 0.658. The summed E-state index contributed by atoms with van der Waals surface area (Å²) in [5.74, 6) is 1.57. The van der Waals surface area contributed by atoms with Gasteiger partial charge in [-0.2, -0.15) is 0 Å². The summed E-state index contributed by atoms with van der Waals surface area (Å²) in [6.45, 7) is 10.4. The second kappa shape index (κ2) is 11.0. The van der Waals surface area contributed by atoms with Crippen molar-refractivity contribution < 1.29 is 14.3 Å². The topological polar surface area (TPSA) is 54.9 Å². The summed E-state index contributed by atoms with van der Waals surface area (Å²) >= 11 is 1.61. The summed E-state index contributed by atoms with van der Waals surface area (Å²) in [5.41, 5.74) is 2.03. The van der Waals surface area contributed by atoms with Gasteiger partial charge < -0.3 is 14.4 Å². The average molecular weight is 406 g/mol. The van der Waals surface area contributed by atoms with Crippen molar-refractivity contribution in [2.45, 2.75) is 33.2 Å². The maximum atomic E-state index is 10.5. The number of rotatable bonds is 7. The number of likely N-dealkylation sites (tertiary alicyclic amines) is 1. The fraction of sp³-hybridized carbons (Fsp3) is 0.524. The van der Waals surface area contributed by atoms with Crippen LogP contribution in [0.4, 0.5) is 0 Å². The minimum Gasteiger partial charge on any atom is -0.497 e. The number of thiazole rings is 1. The summed E-state index contributed by atoms with van der Waals surface area (Å²) in [6.07, 6.45) is 2.10. The van der Waals surface area contributed by atoms with Crippen LogP contribution in [0.5, 0.6) is 11.5 Å². The number of nitrogens with zero attached hydrogens (tertiary/aromatic N) is 3. The maximum Gasteiger partial charge on any atom is 0.209 e. The van der Waals surface area contributed by atoms with Crippen molar-refractivity contribution in [1.82, 2.24) is 14.8 Å². The molecular weight excluding hydrogens is 374 g/mol. The molecule has 0 saturated carbocycles. The number of amides is 1. The highest BCUT2D eigenvalue weighted by atomic mass is 32.1. The molecule has 1 saturated heterocycles. The first kappa shape index (κ1) is 22.2. The zero-order chi connectivity index (χ0) is 20.5. The van der Waals surface area contributed by atoms with E-state index >= 15 is 0 Å². The highest BCUT2D eigenvalue weighted by molar-refractivity contribution is 7.13. The molecule has 0 radical (unpaired) electrons. The summed E-state index contributed by atoms with van der Waals surface area (Å²) < 4.78 is 10.5. The smallest absolute Gasteiger partial charge is 0.209 e. The van der Waals surface area contributed by atoms with Crippen molar-refractivity contribution in [2.75, 3.05) is 40.4 Å². The normalized spacial score (nSPS) is 15.9. The van der Waals surface area contributed by atoms with E-state index < -0.39 is 0 Å². The van der Waals surface area contributed by atoms with Crippen LogP contribution in [0.1, 0.15) is 26.0 Å². The second-order valence-electron chi connectivity index (χ2n) is 6.62. The first-order valence-electron chi connectivity index (χ1n) is 9.64. The number of hydrogen-bond donors (Lipinski definition) is 0. The van der Waals surface area contributed by atoms with Crippen LogP contribution in [0.15, 0.2) is 23.6 Å². The van der Waals surface area contributed by atoms with Crippen LogP contribution >= 0.6 is 11.3 Å². The van der Waals surface area contributed by atoms with Gasteiger partial charge in [-0.25, -0.2) is 4.98 Å². The molecule has 2 aromatic rings. The van der Waals surface area contributed by atoms with Gasteiger partial charge in [-0.15, -0.1) is 11.3 Å². The van der Waals surface area contributed by atoms with E-state index in [9.17, 15) is 4.79 Å². The Kier molecular flexibility index (Phi) is 8.73. The predicted octanol–water partition coefficient (Wildman–Crippen LogP) is 3.69. The van der Waals surface area contributed by atoms with Gasteiger partial charge in [0, 0.05) is 36.3 Å². The maximum absolute atomic E-state index is 10.5. The molecule has 6 nitrogen and oxygen atoms in total. The van der Waals surface area contributed by atoms with E-state index in [-0.39, 0.29) is 0 Å². The highest BCUT2D eigenvalue weighted by Gasteiger charge is 2.24. The zero-order valence-corrected chi connectivity index (χ0v) is 18.3. The van der Waals surface area contributed by atoms with E-state index in [2.05, 4.69) is 23.7 Å². The summed E-state index contributed by atoms with van der Waals surface area (Å²) in [5, 5.41) is 3.00. The molecule has 1 aliphatic rings. The van der Waals surface area contributed by atoms with Crippen LogP contribution < -0.4 is 9.47 Å². The van der Waals surface area contributed by atoms with E-state index in [4.69, 9.17) is 9.47 Å². The van der Waals surface area contributed by atoms with E-state index in [1.165, 1.54) is 0 Å². The lowest BCUT2D eigenvalue weighted by atomic mass is 10.2. The summed E-state index contributed by atoms with van der Waals surface area (Å²) in [7, 11) is 3.29. The van der Waals surface area contributed by atoms with Gasteiger partial charge >= 0.3 is 0 Å². The Morgan fingerprint density at radius 2 is 2.04 bits per heavy atom. The first-order valence-corrected chi connectivity index (χ1v) is 10.5. The minimum atomic E-state index is 0.602. The van der Waals surface area contributed by atoms with Crippen LogP contribution in [0.3, 0.4) is 0 Å². The van der Waals surface area contributed by atoms with E-state index in [0.29, 0.717) is 6.04 Å². The van der Waals surface area contributed by atoms with Crippen molar-refractivity contribution in [3.8, 4) is 22.1 Å². The fourth-order valence-corrected chi connectivity index (χ4v) is 4.18. The van der Waals surface area contributed by atoms with Crippen molar-refractivity contribution in [2.24, 2.45) is 0 Å². The SMILES string of the molecule is CCN(CC)C1CCN(C=O)C1.COc1ccc(-c2nc(C)cs2)c(OC)c1. The monoisotopic (exact) mass is 405 g/mol. The Labute approximate surface area is 172 Å². The first-order chi connectivity index (χ1) is 13.6. The van der Waals surface area contributed by atoms with Crippen molar-refractivity contribution in [1.29, 1.82) is 0 Å². The number of aromatic nitrogens is 1. The zero-order valence-electron chi connectivity index (χ0n) is 17.5. The Balaban J connectivity index is 0.000000209. The third kappa shape index (κ3) is 5.69. The van der Waals surface area contributed by atoms with Crippen LogP contribution in [-0.4, -0.2) is 67.6 Å². The standard InChI is InChI=1S/C12H13NO2S.C9H18N2O/c1-8-7-16-12(13-8)10-5-4-9(14-2)6-11(10)15-3;1-3-11(4-2)9-5-6-10(7-9)8-12/h4-7H,1-3H3;8-9H,3-7H2,1-2H3. The average Bonchev–Trinajstić information content (AvgIpc) is 3.38. The van der Waals surface area contributed by atoms with Crippen molar-refractivity contribution in [3.05, 3.63) is 29.3 Å².